The third-order valence-corrected chi connectivity index (χ3v) is 2.72. The van der Waals surface area contributed by atoms with Gasteiger partial charge in [0.1, 0.15) is 0 Å². The van der Waals surface area contributed by atoms with Crippen LogP contribution in [0.15, 0.2) is 23.2 Å². The molecule has 18 heavy (non-hydrogen) atoms. The zero-order valence-electron chi connectivity index (χ0n) is 10.5. The first-order valence-electron chi connectivity index (χ1n) is 5.90. The van der Waals surface area contributed by atoms with Crippen LogP contribution < -0.4 is 14.8 Å². The molecule has 0 fully saturated rings. The molecule has 0 aromatic heterocycles. The molecule has 1 aliphatic heterocycles. The van der Waals surface area contributed by atoms with Gasteiger partial charge in [0.15, 0.2) is 11.5 Å². The maximum absolute atomic E-state index is 10.5. The van der Waals surface area contributed by atoms with Crippen molar-refractivity contribution in [1.82, 2.24) is 5.32 Å². The number of hydrogen-bond acceptors (Lipinski definition) is 4. The van der Waals surface area contributed by atoms with E-state index in [0.29, 0.717) is 13.0 Å². The Hall–Kier alpha value is -2.04. The molecule has 2 rings (SSSR count). The van der Waals surface area contributed by atoms with E-state index in [9.17, 15) is 4.79 Å². The molecule has 1 aliphatic rings. The molecule has 1 aromatic carbocycles. The fourth-order valence-electron chi connectivity index (χ4n) is 1.89. The average Bonchev–Trinajstić information content (AvgIpc) is 2.83. The highest BCUT2D eigenvalue weighted by atomic mass is 16.7. The molecule has 1 N–H and O–H groups in total. The number of hydrogen-bond donors (Lipinski definition) is 1. The van der Waals surface area contributed by atoms with Crippen LogP contribution in [0.4, 0.5) is 0 Å². The quantitative estimate of drug-likeness (QED) is 0.632. The zero-order chi connectivity index (χ0) is 13.0. The Bertz CT molecular complexity index is 471. The number of fused-ring (bicyclic) bond motifs is 1. The van der Waals surface area contributed by atoms with E-state index in [2.05, 4.69) is 10.3 Å². The Morgan fingerprint density at radius 1 is 1.50 bits per heavy atom. The minimum atomic E-state index is -0.136. The number of benzene rings is 1. The average molecular weight is 248 g/mol. The Morgan fingerprint density at radius 3 is 3.00 bits per heavy atom. The lowest BCUT2D eigenvalue weighted by atomic mass is 10.0. The van der Waals surface area contributed by atoms with Gasteiger partial charge in [-0.3, -0.25) is 9.79 Å². The predicted octanol–water partition coefficient (Wildman–Crippen LogP) is 1.36. The molecule has 0 bridgehead atoms. The highest BCUT2D eigenvalue weighted by molar-refractivity contribution is 6.05. The van der Waals surface area contributed by atoms with Gasteiger partial charge in [0.25, 0.3) is 0 Å². The smallest absolute Gasteiger partial charge is 0.231 e. The fraction of sp³-hybridized carbons (Fsp3) is 0.385. The third-order valence-electron chi connectivity index (χ3n) is 2.72. The summed E-state index contributed by atoms with van der Waals surface area (Å²) in [5.41, 5.74) is 1.77. The SMILES string of the molecule is CCN=C(c1ccc2c(c1)OCO2)C(C)NC=O. The minimum Gasteiger partial charge on any atom is -0.454 e. The third kappa shape index (κ3) is 2.45. The summed E-state index contributed by atoms with van der Waals surface area (Å²) in [4.78, 5) is 15.0. The molecule has 96 valence electrons. The molecule has 5 nitrogen and oxygen atoms in total. The molecule has 1 aromatic rings. The van der Waals surface area contributed by atoms with Crippen LogP contribution in [0, 0.1) is 0 Å². The Labute approximate surface area is 106 Å². The number of carbonyl (C=O) groups excluding carboxylic acids is 1. The van der Waals surface area contributed by atoms with Gasteiger partial charge < -0.3 is 14.8 Å². The summed E-state index contributed by atoms with van der Waals surface area (Å²) in [5, 5.41) is 2.71. The maximum atomic E-state index is 10.5. The Kier molecular flexibility index (Phi) is 3.82. The second kappa shape index (κ2) is 5.53. The molecule has 0 aliphatic carbocycles. The van der Waals surface area contributed by atoms with Crippen LogP contribution in [0.1, 0.15) is 19.4 Å². The first-order chi connectivity index (χ1) is 8.76. The van der Waals surface area contributed by atoms with Crippen molar-refractivity contribution in [1.29, 1.82) is 0 Å². The van der Waals surface area contributed by atoms with Crippen LogP contribution >= 0.6 is 0 Å². The van der Waals surface area contributed by atoms with Gasteiger partial charge in [0.2, 0.25) is 13.2 Å². The van der Waals surface area contributed by atoms with Gasteiger partial charge in [-0.15, -0.1) is 0 Å². The summed E-state index contributed by atoms with van der Waals surface area (Å²) in [6.45, 7) is 4.77. The second-order valence-corrected chi connectivity index (χ2v) is 3.93. The summed E-state index contributed by atoms with van der Waals surface area (Å²) in [6.07, 6.45) is 0.683. The van der Waals surface area contributed by atoms with Gasteiger partial charge in [0.05, 0.1) is 11.8 Å². The molecule has 0 radical (unpaired) electrons. The molecule has 0 saturated carbocycles. The van der Waals surface area contributed by atoms with Gasteiger partial charge in [-0.2, -0.15) is 0 Å². The second-order valence-electron chi connectivity index (χ2n) is 3.93. The number of aliphatic imine (C=N–C) groups is 1. The summed E-state index contributed by atoms with van der Waals surface area (Å²) in [6, 6.07) is 5.53. The van der Waals surface area contributed by atoms with Gasteiger partial charge in [-0.1, -0.05) is 0 Å². The van der Waals surface area contributed by atoms with Crippen LogP contribution in [0.25, 0.3) is 0 Å². The fourth-order valence-corrected chi connectivity index (χ4v) is 1.89. The summed E-state index contributed by atoms with van der Waals surface area (Å²) < 4.78 is 10.6. The summed E-state index contributed by atoms with van der Waals surface area (Å²) in [7, 11) is 0. The van der Waals surface area contributed by atoms with E-state index in [1.165, 1.54) is 0 Å². The van der Waals surface area contributed by atoms with E-state index >= 15 is 0 Å². The molecular formula is C13H16N2O3. The lowest BCUT2D eigenvalue weighted by molar-refractivity contribution is -0.109. The summed E-state index contributed by atoms with van der Waals surface area (Å²) in [5.74, 6) is 1.46. The van der Waals surface area contributed by atoms with Crippen molar-refractivity contribution in [2.24, 2.45) is 4.99 Å². The Balaban J connectivity index is 2.31. The number of rotatable bonds is 5. The number of amides is 1. The molecular weight excluding hydrogens is 232 g/mol. The van der Waals surface area contributed by atoms with Crippen molar-refractivity contribution in [3.63, 3.8) is 0 Å². The van der Waals surface area contributed by atoms with Crippen molar-refractivity contribution in [2.45, 2.75) is 19.9 Å². The number of carbonyl (C=O) groups is 1. The van der Waals surface area contributed by atoms with Crippen molar-refractivity contribution in [3.05, 3.63) is 23.8 Å². The zero-order valence-corrected chi connectivity index (χ0v) is 10.5. The van der Waals surface area contributed by atoms with Crippen molar-refractivity contribution in [2.75, 3.05) is 13.3 Å². The highest BCUT2D eigenvalue weighted by Gasteiger charge is 2.17. The normalized spacial score (nSPS) is 15.3. The van der Waals surface area contributed by atoms with Crippen LogP contribution in [-0.4, -0.2) is 31.5 Å². The van der Waals surface area contributed by atoms with Crippen LogP contribution in [-0.2, 0) is 4.79 Å². The van der Waals surface area contributed by atoms with E-state index in [1.54, 1.807) is 0 Å². The first-order valence-corrected chi connectivity index (χ1v) is 5.90. The lowest BCUT2D eigenvalue weighted by Gasteiger charge is -2.14. The highest BCUT2D eigenvalue weighted by Crippen LogP contribution is 2.32. The molecule has 0 spiro atoms. The number of nitrogens with zero attached hydrogens (tertiary/aromatic N) is 1. The molecule has 1 unspecified atom stereocenters. The Morgan fingerprint density at radius 2 is 2.28 bits per heavy atom. The van der Waals surface area contributed by atoms with E-state index in [4.69, 9.17) is 9.47 Å². The van der Waals surface area contributed by atoms with Crippen LogP contribution in [0.2, 0.25) is 0 Å². The van der Waals surface area contributed by atoms with E-state index in [0.717, 1.165) is 22.8 Å². The minimum absolute atomic E-state index is 0.136. The van der Waals surface area contributed by atoms with Crippen molar-refractivity contribution in [3.8, 4) is 11.5 Å². The molecule has 1 heterocycles. The number of ether oxygens (including phenoxy) is 2. The monoisotopic (exact) mass is 248 g/mol. The van der Waals surface area contributed by atoms with Gasteiger partial charge in [0, 0.05) is 12.1 Å². The van der Waals surface area contributed by atoms with E-state index in [1.807, 2.05) is 32.0 Å². The van der Waals surface area contributed by atoms with E-state index < -0.39 is 0 Å². The van der Waals surface area contributed by atoms with Gasteiger partial charge in [-0.05, 0) is 32.0 Å². The van der Waals surface area contributed by atoms with Crippen molar-refractivity contribution < 1.29 is 14.3 Å². The van der Waals surface area contributed by atoms with Gasteiger partial charge in [-0.25, -0.2) is 0 Å². The first kappa shape index (κ1) is 12.4. The standard InChI is InChI=1S/C13H16N2O3/c1-3-14-13(9(2)15-7-16)10-4-5-11-12(6-10)18-8-17-11/h4-7,9H,3,8H2,1-2H3,(H,15,16). The lowest BCUT2D eigenvalue weighted by Crippen LogP contribution is -2.33. The topological polar surface area (TPSA) is 59.9 Å². The molecule has 1 amide bonds. The summed E-state index contributed by atoms with van der Waals surface area (Å²) >= 11 is 0. The largest absolute Gasteiger partial charge is 0.454 e. The molecule has 1 atom stereocenters. The van der Waals surface area contributed by atoms with Crippen LogP contribution in [0.3, 0.4) is 0 Å². The predicted molar refractivity (Wildman–Crippen MR) is 68.3 cm³/mol. The molecule has 0 saturated heterocycles. The van der Waals surface area contributed by atoms with Crippen LogP contribution in [0.5, 0.6) is 11.5 Å². The van der Waals surface area contributed by atoms with Gasteiger partial charge >= 0.3 is 0 Å². The van der Waals surface area contributed by atoms with E-state index in [-0.39, 0.29) is 12.8 Å². The maximum Gasteiger partial charge on any atom is 0.231 e. The number of nitrogens with one attached hydrogen (secondary N) is 1. The van der Waals surface area contributed by atoms with Crippen molar-refractivity contribution >= 4 is 12.1 Å². The molecule has 5 heteroatoms.